The molecule has 1 aliphatic carbocycles. The molecular weight excluding hydrogens is 270 g/mol. The number of alkyl halides is 3. The van der Waals surface area contributed by atoms with Gasteiger partial charge in [-0.1, -0.05) is 12.1 Å². The maximum atomic E-state index is 12.8. The summed E-state index contributed by atoms with van der Waals surface area (Å²) in [6.45, 7) is 1.95. The first-order valence-electron chi connectivity index (χ1n) is 6.94. The van der Waals surface area contributed by atoms with Gasteiger partial charge in [-0.15, -0.1) is 0 Å². The Morgan fingerprint density at radius 1 is 1.05 bits per heavy atom. The molecule has 20 heavy (non-hydrogen) atoms. The van der Waals surface area contributed by atoms with Gasteiger partial charge in [-0.05, 0) is 50.3 Å². The minimum Gasteiger partial charge on any atom is -0.307 e. The highest BCUT2D eigenvalue weighted by molar-refractivity contribution is 5.19. The van der Waals surface area contributed by atoms with Crippen LogP contribution in [0.4, 0.5) is 17.6 Å². The van der Waals surface area contributed by atoms with Gasteiger partial charge in [0.15, 0.2) is 0 Å². The number of nitrogens with one attached hydrogen (secondary N) is 1. The Hall–Kier alpha value is -1.10. The molecule has 1 aliphatic rings. The summed E-state index contributed by atoms with van der Waals surface area (Å²) in [6, 6.07) is 6.32. The van der Waals surface area contributed by atoms with Gasteiger partial charge in [0.25, 0.3) is 0 Å². The first-order chi connectivity index (χ1) is 9.36. The van der Waals surface area contributed by atoms with E-state index >= 15 is 0 Å². The van der Waals surface area contributed by atoms with Crippen molar-refractivity contribution in [2.75, 3.05) is 0 Å². The maximum absolute atomic E-state index is 12.8. The zero-order valence-corrected chi connectivity index (χ0v) is 11.4. The lowest BCUT2D eigenvalue weighted by Gasteiger charge is -2.32. The van der Waals surface area contributed by atoms with Crippen molar-refractivity contribution in [1.29, 1.82) is 0 Å². The second-order valence-electron chi connectivity index (χ2n) is 5.53. The quantitative estimate of drug-likeness (QED) is 0.802. The van der Waals surface area contributed by atoms with E-state index in [1.807, 2.05) is 6.92 Å². The van der Waals surface area contributed by atoms with Crippen LogP contribution >= 0.6 is 0 Å². The largest absolute Gasteiger partial charge is 0.391 e. The summed E-state index contributed by atoms with van der Waals surface area (Å²) in [5.74, 6) is -1.44. The van der Waals surface area contributed by atoms with E-state index < -0.39 is 12.1 Å². The summed E-state index contributed by atoms with van der Waals surface area (Å²) in [7, 11) is 0. The molecule has 112 valence electrons. The third kappa shape index (κ3) is 3.95. The molecule has 0 heterocycles. The molecule has 1 aromatic carbocycles. The first kappa shape index (κ1) is 15.3. The van der Waals surface area contributed by atoms with Crippen molar-refractivity contribution in [3.63, 3.8) is 0 Å². The molecule has 0 amide bonds. The minimum absolute atomic E-state index is 0.0167. The van der Waals surface area contributed by atoms with Crippen molar-refractivity contribution >= 4 is 0 Å². The average molecular weight is 289 g/mol. The van der Waals surface area contributed by atoms with Gasteiger partial charge < -0.3 is 5.32 Å². The fourth-order valence-electron chi connectivity index (χ4n) is 2.79. The number of hydrogen-bond acceptors (Lipinski definition) is 1. The van der Waals surface area contributed by atoms with E-state index in [1.165, 1.54) is 12.1 Å². The van der Waals surface area contributed by atoms with Crippen LogP contribution in [0.15, 0.2) is 24.3 Å². The smallest absolute Gasteiger partial charge is 0.307 e. The number of benzene rings is 1. The monoisotopic (exact) mass is 289 g/mol. The zero-order chi connectivity index (χ0) is 14.8. The minimum atomic E-state index is -4.06. The Kier molecular flexibility index (Phi) is 4.68. The molecule has 1 nitrogen and oxygen atoms in total. The zero-order valence-electron chi connectivity index (χ0n) is 11.4. The predicted octanol–water partition coefficient (Wildman–Crippen LogP) is 4.60. The van der Waals surface area contributed by atoms with Gasteiger partial charge >= 0.3 is 6.18 Å². The van der Waals surface area contributed by atoms with Crippen molar-refractivity contribution in [1.82, 2.24) is 5.32 Å². The first-order valence-corrected chi connectivity index (χ1v) is 6.94. The molecule has 1 saturated carbocycles. The molecule has 5 heteroatoms. The summed E-state index contributed by atoms with van der Waals surface area (Å²) in [4.78, 5) is 0. The van der Waals surface area contributed by atoms with E-state index in [9.17, 15) is 17.6 Å². The van der Waals surface area contributed by atoms with Gasteiger partial charge in [0, 0.05) is 12.1 Å². The summed E-state index contributed by atoms with van der Waals surface area (Å²) in [5.41, 5.74) is 0.948. The van der Waals surface area contributed by atoms with Crippen LogP contribution in [0, 0.1) is 11.7 Å². The second-order valence-corrected chi connectivity index (χ2v) is 5.53. The molecule has 0 spiro atoms. The van der Waals surface area contributed by atoms with Crippen LogP contribution in [0.2, 0.25) is 0 Å². The number of rotatable bonds is 3. The summed E-state index contributed by atoms with van der Waals surface area (Å²) in [6.07, 6.45) is -2.60. The van der Waals surface area contributed by atoms with Crippen LogP contribution in [-0.4, -0.2) is 12.2 Å². The average Bonchev–Trinajstić information content (AvgIpc) is 2.39. The predicted molar refractivity (Wildman–Crippen MR) is 69.8 cm³/mol. The molecular formula is C15H19F4N. The fourth-order valence-corrected chi connectivity index (χ4v) is 2.79. The molecule has 2 rings (SSSR count). The Balaban J connectivity index is 1.85. The normalized spacial score (nSPS) is 25.4. The number of hydrogen-bond donors (Lipinski definition) is 1. The van der Waals surface area contributed by atoms with Crippen molar-refractivity contribution in [2.24, 2.45) is 5.92 Å². The summed E-state index contributed by atoms with van der Waals surface area (Å²) >= 11 is 0. The van der Waals surface area contributed by atoms with E-state index in [-0.39, 0.29) is 30.7 Å². The van der Waals surface area contributed by atoms with Crippen LogP contribution in [0.1, 0.15) is 44.2 Å². The lowest BCUT2D eigenvalue weighted by atomic mass is 9.85. The van der Waals surface area contributed by atoms with E-state index in [2.05, 4.69) is 5.32 Å². The molecule has 1 N–H and O–H groups in total. The van der Waals surface area contributed by atoms with Crippen molar-refractivity contribution in [3.8, 4) is 0 Å². The number of halogens is 4. The lowest BCUT2D eigenvalue weighted by molar-refractivity contribution is -0.182. The van der Waals surface area contributed by atoms with Gasteiger partial charge in [0.2, 0.25) is 0 Å². The van der Waals surface area contributed by atoms with E-state index in [0.29, 0.717) is 12.8 Å². The topological polar surface area (TPSA) is 12.0 Å². The molecule has 1 fully saturated rings. The lowest BCUT2D eigenvalue weighted by Crippen LogP contribution is -2.38. The molecule has 0 aliphatic heterocycles. The maximum Gasteiger partial charge on any atom is 0.391 e. The van der Waals surface area contributed by atoms with Crippen LogP contribution < -0.4 is 5.32 Å². The van der Waals surface area contributed by atoms with Gasteiger partial charge in [-0.25, -0.2) is 4.39 Å². The molecule has 1 aromatic rings. The molecule has 0 unspecified atom stereocenters. The Labute approximate surface area is 116 Å². The standard InChI is InChI=1S/C15H19F4N/c1-10(11-2-6-13(16)7-3-11)20-14-8-4-12(5-9-14)15(17,18)19/h2-3,6-7,10,12,14,20H,4-5,8-9H2,1H3/t10-,12?,14?/m0/s1. The second kappa shape index (κ2) is 6.12. The van der Waals surface area contributed by atoms with Crippen molar-refractivity contribution in [3.05, 3.63) is 35.6 Å². The van der Waals surface area contributed by atoms with Crippen LogP contribution in [0.3, 0.4) is 0 Å². The van der Waals surface area contributed by atoms with Crippen LogP contribution in [0.25, 0.3) is 0 Å². The highest BCUT2D eigenvalue weighted by Crippen LogP contribution is 2.37. The van der Waals surface area contributed by atoms with Crippen LogP contribution in [0.5, 0.6) is 0 Å². The van der Waals surface area contributed by atoms with Gasteiger partial charge in [0.1, 0.15) is 5.82 Å². The molecule has 0 radical (unpaired) electrons. The van der Waals surface area contributed by atoms with Gasteiger partial charge in [0.05, 0.1) is 5.92 Å². The Morgan fingerprint density at radius 3 is 2.10 bits per heavy atom. The summed E-state index contributed by atoms with van der Waals surface area (Å²) in [5, 5.41) is 3.34. The third-order valence-electron chi connectivity index (χ3n) is 4.05. The van der Waals surface area contributed by atoms with Crippen molar-refractivity contribution < 1.29 is 17.6 Å². The Bertz CT molecular complexity index is 418. The highest BCUT2D eigenvalue weighted by atomic mass is 19.4. The van der Waals surface area contributed by atoms with Crippen LogP contribution in [-0.2, 0) is 0 Å². The van der Waals surface area contributed by atoms with E-state index in [0.717, 1.165) is 5.56 Å². The van der Waals surface area contributed by atoms with Gasteiger partial charge in [-0.2, -0.15) is 13.2 Å². The molecule has 1 atom stereocenters. The molecule has 0 aromatic heterocycles. The SMILES string of the molecule is C[C@H](NC1CCC(C(F)(F)F)CC1)c1ccc(F)cc1. The fraction of sp³-hybridized carbons (Fsp3) is 0.600. The Morgan fingerprint density at radius 2 is 1.60 bits per heavy atom. The summed E-state index contributed by atoms with van der Waals surface area (Å²) < 4.78 is 50.6. The van der Waals surface area contributed by atoms with Gasteiger partial charge in [-0.3, -0.25) is 0 Å². The molecule has 0 bridgehead atoms. The van der Waals surface area contributed by atoms with Crippen molar-refractivity contribution in [2.45, 2.75) is 50.9 Å². The molecule has 0 saturated heterocycles. The highest BCUT2D eigenvalue weighted by Gasteiger charge is 2.41. The van der Waals surface area contributed by atoms with E-state index in [4.69, 9.17) is 0 Å². The van der Waals surface area contributed by atoms with E-state index in [1.54, 1.807) is 12.1 Å². The third-order valence-corrected chi connectivity index (χ3v) is 4.05.